The van der Waals surface area contributed by atoms with Crippen LogP contribution in [-0.2, 0) is 10.0 Å². The van der Waals surface area contributed by atoms with E-state index in [-0.39, 0.29) is 16.7 Å². The Hall–Kier alpha value is -1.11. The molecule has 0 saturated carbocycles. The normalized spacial score (nSPS) is 14.0. The monoisotopic (exact) mass is 286 g/mol. The van der Waals surface area contributed by atoms with Gasteiger partial charge in [-0.3, -0.25) is 0 Å². The van der Waals surface area contributed by atoms with E-state index in [1.165, 1.54) is 28.6 Å². The van der Waals surface area contributed by atoms with E-state index >= 15 is 0 Å². The minimum atomic E-state index is -3.52. The second-order valence-electron chi connectivity index (χ2n) is 4.81. The molecule has 0 aromatic heterocycles. The van der Waals surface area contributed by atoms with Crippen molar-refractivity contribution in [3.63, 3.8) is 0 Å². The van der Waals surface area contributed by atoms with Crippen LogP contribution in [0, 0.1) is 0 Å². The van der Waals surface area contributed by atoms with E-state index in [4.69, 9.17) is 0 Å². The number of rotatable bonds is 6. The number of nitrogens with zero attached hydrogens (tertiary/aromatic N) is 2. The summed E-state index contributed by atoms with van der Waals surface area (Å²) in [5.74, 6) is 0.0586. The van der Waals surface area contributed by atoms with Crippen LogP contribution in [0.2, 0.25) is 0 Å². The lowest BCUT2D eigenvalue weighted by Gasteiger charge is -2.29. The number of benzene rings is 1. The predicted octanol–water partition coefficient (Wildman–Crippen LogP) is 1.35. The van der Waals surface area contributed by atoms with Crippen LogP contribution in [0.1, 0.15) is 13.8 Å². The molecule has 0 aliphatic heterocycles. The first kappa shape index (κ1) is 15.9. The van der Waals surface area contributed by atoms with Crippen molar-refractivity contribution in [3.8, 4) is 5.75 Å². The molecule has 0 radical (unpaired) electrons. The maximum absolute atomic E-state index is 12.5. The summed E-state index contributed by atoms with van der Waals surface area (Å²) < 4.78 is 26.5. The molecule has 6 heteroatoms. The van der Waals surface area contributed by atoms with E-state index in [1.807, 2.05) is 32.8 Å². The van der Waals surface area contributed by atoms with Gasteiger partial charge in [-0.1, -0.05) is 6.92 Å². The van der Waals surface area contributed by atoms with E-state index < -0.39 is 10.0 Å². The lowest BCUT2D eigenvalue weighted by atomic mass is 10.3. The molecule has 0 saturated heterocycles. The average molecular weight is 286 g/mol. The highest BCUT2D eigenvalue weighted by Gasteiger charge is 2.27. The summed E-state index contributed by atoms with van der Waals surface area (Å²) in [5, 5.41) is 9.23. The molecular weight excluding hydrogens is 264 g/mol. The summed E-state index contributed by atoms with van der Waals surface area (Å²) in [5.41, 5.74) is 0. The third-order valence-corrected chi connectivity index (χ3v) is 4.98. The minimum Gasteiger partial charge on any atom is -0.508 e. The lowest BCUT2D eigenvalue weighted by molar-refractivity contribution is 0.271. The molecule has 1 rings (SSSR count). The molecule has 1 aromatic carbocycles. The van der Waals surface area contributed by atoms with Crippen molar-refractivity contribution in [1.29, 1.82) is 0 Å². The Morgan fingerprint density at radius 3 is 2.16 bits per heavy atom. The number of hydrogen-bond donors (Lipinski definition) is 1. The molecule has 1 aromatic rings. The van der Waals surface area contributed by atoms with Gasteiger partial charge >= 0.3 is 0 Å². The SMILES string of the molecule is CCN(C(C)CN(C)C)S(=O)(=O)c1ccc(O)cc1. The van der Waals surface area contributed by atoms with Gasteiger partial charge in [-0.15, -0.1) is 0 Å². The van der Waals surface area contributed by atoms with Crippen molar-refractivity contribution in [3.05, 3.63) is 24.3 Å². The molecule has 1 N–H and O–H groups in total. The van der Waals surface area contributed by atoms with Crippen LogP contribution in [0.15, 0.2) is 29.2 Å². The summed E-state index contributed by atoms with van der Waals surface area (Å²) in [7, 11) is 0.311. The van der Waals surface area contributed by atoms with Gasteiger partial charge in [0.2, 0.25) is 10.0 Å². The fraction of sp³-hybridized carbons (Fsp3) is 0.538. The largest absolute Gasteiger partial charge is 0.508 e. The van der Waals surface area contributed by atoms with E-state index in [2.05, 4.69) is 0 Å². The molecular formula is C13H22N2O3S. The molecule has 1 unspecified atom stereocenters. The second kappa shape index (κ2) is 6.36. The lowest BCUT2D eigenvalue weighted by Crippen LogP contribution is -2.43. The molecule has 0 bridgehead atoms. The molecule has 0 aliphatic carbocycles. The van der Waals surface area contributed by atoms with Crippen LogP contribution >= 0.6 is 0 Å². The van der Waals surface area contributed by atoms with Gasteiger partial charge in [0.1, 0.15) is 5.75 Å². The summed E-state index contributed by atoms with van der Waals surface area (Å²) in [6.45, 7) is 4.79. The van der Waals surface area contributed by atoms with Gasteiger partial charge in [0.25, 0.3) is 0 Å². The maximum Gasteiger partial charge on any atom is 0.243 e. The molecule has 0 aliphatic rings. The Labute approximate surface area is 115 Å². The number of sulfonamides is 1. The standard InChI is InChI=1S/C13H22N2O3S/c1-5-15(11(2)10-14(3)4)19(17,18)13-8-6-12(16)7-9-13/h6-9,11,16H,5,10H2,1-4H3. The summed E-state index contributed by atoms with van der Waals surface area (Å²) in [4.78, 5) is 2.16. The van der Waals surface area contributed by atoms with Crippen LogP contribution in [0.3, 0.4) is 0 Å². The van der Waals surface area contributed by atoms with Gasteiger partial charge in [-0.2, -0.15) is 4.31 Å². The van der Waals surface area contributed by atoms with Crippen LogP contribution < -0.4 is 0 Å². The van der Waals surface area contributed by atoms with Crippen molar-refractivity contribution in [2.75, 3.05) is 27.2 Å². The van der Waals surface area contributed by atoms with Gasteiger partial charge < -0.3 is 10.0 Å². The highest BCUT2D eigenvalue weighted by molar-refractivity contribution is 7.89. The zero-order chi connectivity index (χ0) is 14.6. The van der Waals surface area contributed by atoms with Gasteiger partial charge in [0, 0.05) is 19.1 Å². The van der Waals surface area contributed by atoms with E-state index in [1.54, 1.807) is 0 Å². The number of hydrogen-bond acceptors (Lipinski definition) is 4. The van der Waals surface area contributed by atoms with E-state index in [0.717, 1.165) is 0 Å². The molecule has 1 atom stereocenters. The zero-order valence-electron chi connectivity index (χ0n) is 11.9. The first-order chi connectivity index (χ1) is 8.78. The summed E-state index contributed by atoms with van der Waals surface area (Å²) in [6.07, 6.45) is 0. The molecule has 0 amide bonds. The van der Waals surface area contributed by atoms with Crippen LogP contribution in [-0.4, -0.2) is 56.0 Å². The molecule has 0 heterocycles. The van der Waals surface area contributed by atoms with Crippen molar-refractivity contribution < 1.29 is 13.5 Å². The Bertz CT molecular complexity index is 497. The Morgan fingerprint density at radius 1 is 1.21 bits per heavy atom. The van der Waals surface area contributed by atoms with Crippen molar-refractivity contribution in [1.82, 2.24) is 9.21 Å². The third kappa shape index (κ3) is 3.92. The Kier molecular flexibility index (Phi) is 5.34. The molecule has 0 fully saturated rings. The number of phenols is 1. The van der Waals surface area contributed by atoms with Gasteiger partial charge in [0.05, 0.1) is 4.90 Å². The van der Waals surface area contributed by atoms with E-state index in [0.29, 0.717) is 13.1 Å². The smallest absolute Gasteiger partial charge is 0.243 e. The maximum atomic E-state index is 12.5. The van der Waals surface area contributed by atoms with Gasteiger partial charge in [0.15, 0.2) is 0 Å². The molecule has 5 nitrogen and oxygen atoms in total. The molecule has 19 heavy (non-hydrogen) atoms. The third-order valence-electron chi connectivity index (χ3n) is 2.88. The predicted molar refractivity (Wildman–Crippen MR) is 75.7 cm³/mol. The summed E-state index contributed by atoms with van der Waals surface area (Å²) >= 11 is 0. The molecule has 0 spiro atoms. The first-order valence-corrected chi connectivity index (χ1v) is 7.68. The quantitative estimate of drug-likeness (QED) is 0.857. The highest BCUT2D eigenvalue weighted by Crippen LogP contribution is 2.20. The highest BCUT2D eigenvalue weighted by atomic mass is 32.2. The van der Waals surface area contributed by atoms with Gasteiger partial charge in [-0.25, -0.2) is 8.42 Å². The number of likely N-dealkylation sites (N-methyl/N-ethyl adjacent to an activating group) is 2. The second-order valence-corrected chi connectivity index (χ2v) is 6.70. The van der Waals surface area contributed by atoms with Crippen molar-refractivity contribution in [2.24, 2.45) is 0 Å². The van der Waals surface area contributed by atoms with Gasteiger partial charge in [-0.05, 0) is 45.3 Å². The van der Waals surface area contributed by atoms with Crippen molar-refractivity contribution in [2.45, 2.75) is 24.8 Å². The zero-order valence-corrected chi connectivity index (χ0v) is 12.7. The van der Waals surface area contributed by atoms with E-state index in [9.17, 15) is 13.5 Å². The fourth-order valence-corrected chi connectivity index (χ4v) is 3.72. The minimum absolute atomic E-state index is 0.0586. The van der Waals surface area contributed by atoms with Crippen molar-refractivity contribution >= 4 is 10.0 Å². The van der Waals surface area contributed by atoms with Crippen LogP contribution in [0.5, 0.6) is 5.75 Å². The Morgan fingerprint density at radius 2 is 1.74 bits per heavy atom. The molecule has 108 valence electrons. The Balaban J connectivity index is 3.05. The fourth-order valence-electron chi connectivity index (χ4n) is 2.09. The van der Waals surface area contributed by atoms with Crippen LogP contribution in [0.4, 0.5) is 0 Å². The average Bonchev–Trinajstić information content (AvgIpc) is 2.28. The number of phenolic OH excluding ortho intramolecular Hbond substituents is 1. The number of aromatic hydroxyl groups is 1. The topological polar surface area (TPSA) is 60.9 Å². The van der Waals surface area contributed by atoms with Crippen LogP contribution in [0.25, 0.3) is 0 Å². The summed E-state index contributed by atoms with van der Waals surface area (Å²) in [6, 6.07) is 5.51. The first-order valence-electron chi connectivity index (χ1n) is 6.24.